The summed E-state index contributed by atoms with van der Waals surface area (Å²) in [6.07, 6.45) is 0. The van der Waals surface area contributed by atoms with Gasteiger partial charge in [0.15, 0.2) is 0 Å². The topological polar surface area (TPSA) is 24.5 Å². The predicted molar refractivity (Wildman–Crippen MR) is 91.2 cm³/mol. The van der Waals surface area contributed by atoms with Gasteiger partial charge < -0.3 is 15.0 Å². The van der Waals surface area contributed by atoms with Gasteiger partial charge in [0, 0.05) is 39.5 Å². The zero-order chi connectivity index (χ0) is 15.1. The Kier molecular flexibility index (Phi) is 6.23. The van der Waals surface area contributed by atoms with Crippen LogP contribution in [0.5, 0.6) is 0 Å². The molecule has 21 heavy (non-hydrogen) atoms. The molecule has 1 heterocycles. The second kappa shape index (κ2) is 8.17. The lowest BCUT2D eigenvalue weighted by molar-refractivity contribution is 0.199. The van der Waals surface area contributed by atoms with Gasteiger partial charge in [0.2, 0.25) is 0 Å². The molecule has 2 aromatic rings. The Hall–Kier alpha value is -1.36. The molecule has 2 rings (SSSR count). The first-order valence-corrected chi connectivity index (χ1v) is 8.16. The van der Waals surface area contributed by atoms with E-state index in [4.69, 9.17) is 4.74 Å². The minimum absolute atomic E-state index is 0.742. The van der Waals surface area contributed by atoms with Crippen LogP contribution in [0.4, 0.5) is 5.69 Å². The van der Waals surface area contributed by atoms with Crippen LogP contribution in [0.3, 0.4) is 0 Å². The summed E-state index contributed by atoms with van der Waals surface area (Å²) in [7, 11) is 3.88. The first kappa shape index (κ1) is 16.0. The van der Waals surface area contributed by atoms with Crippen molar-refractivity contribution in [2.24, 2.45) is 0 Å². The fraction of sp³-hybridized carbons (Fsp3) is 0.412. The van der Waals surface area contributed by atoms with Crippen LogP contribution in [0.15, 0.2) is 35.0 Å². The molecule has 0 atom stereocenters. The van der Waals surface area contributed by atoms with E-state index in [1.807, 2.05) is 0 Å². The SMILES string of the molecule is COCCNCc1cc(C)ccc1N(C)Cc1ccsc1. The summed E-state index contributed by atoms with van der Waals surface area (Å²) < 4.78 is 5.08. The maximum Gasteiger partial charge on any atom is 0.0587 e. The van der Waals surface area contributed by atoms with Gasteiger partial charge in [0.25, 0.3) is 0 Å². The molecular formula is C17H24N2OS. The number of thiophene rings is 1. The van der Waals surface area contributed by atoms with Crippen molar-refractivity contribution >= 4 is 17.0 Å². The van der Waals surface area contributed by atoms with Gasteiger partial charge in [-0.2, -0.15) is 11.3 Å². The minimum Gasteiger partial charge on any atom is -0.383 e. The van der Waals surface area contributed by atoms with Crippen molar-refractivity contribution in [2.75, 3.05) is 32.2 Å². The Bertz CT molecular complexity index is 540. The number of ether oxygens (including phenoxy) is 1. The molecule has 0 bridgehead atoms. The highest BCUT2D eigenvalue weighted by molar-refractivity contribution is 7.07. The molecule has 0 aliphatic rings. The van der Waals surface area contributed by atoms with Crippen molar-refractivity contribution in [1.82, 2.24) is 5.32 Å². The molecule has 0 aliphatic carbocycles. The van der Waals surface area contributed by atoms with E-state index in [-0.39, 0.29) is 0 Å². The molecular weight excluding hydrogens is 280 g/mol. The van der Waals surface area contributed by atoms with Crippen molar-refractivity contribution in [1.29, 1.82) is 0 Å². The quantitative estimate of drug-likeness (QED) is 0.756. The number of hydrogen-bond donors (Lipinski definition) is 1. The number of methoxy groups -OCH3 is 1. The molecule has 1 aromatic heterocycles. The van der Waals surface area contributed by atoms with Gasteiger partial charge in [-0.05, 0) is 40.9 Å². The van der Waals surface area contributed by atoms with Gasteiger partial charge in [-0.1, -0.05) is 17.7 Å². The third kappa shape index (κ3) is 4.84. The summed E-state index contributed by atoms with van der Waals surface area (Å²) in [5.74, 6) is 0. The van der Waals surface area contributed by atoms with E-state index in [0.29, 0.717) is 0 Å². The zero-order valence-corrected chi connectivity index (χ0v) is 13.9. The maximum atomic E-state index is 5.08. The number of aryl methyl sites for hydroxylation is 1. The molecule has 0 saturated carbocycles. The molecule has 0 spiro atoms. The van der Waals surface area contributed by atoms with Gasteiger partial charge in [0.1, 0.15) is 0 Å². The summed E-state index contributed by atoms with van der Waals surface area (Å²) in [4.78, 5) is 2.31. The van der Waals surface area contributed by atoms with Crippen LogP contribution in [-0.4, -0.2) is 27.3 Å². The first-order valence-electron chi connectivity index (χ1n) is 7.22. The molecule has 0 unspecified atom stereocenters. The number of nitrogens with zero attached hydrogens (tertiary/aromatic N) is 1. The van der Waals surface area contributed by atoms with Gasteiger partial charge in [-0.3, -0.25) is 0 Å². The second-order valence-electron chi connectivity index (χ2n) is 5.29. The summed E-state index contributed by atoms with van der Waals surface area (Å²) in [5, 5.41) is 7.77. The summed E-state index contributed by atoms with van der Waals surface area (Å²) in [6.45, 7) is 5.57. The summed E-state index contributed by atoms with van der Waals surface area (Å²) in [5.41, 5.74) is 5.29. The Morgan fingerprint density at radius 2 is 2.14 bits per heavy atom. The molecule has 114 valence electrons. The average molecular weight is 304 g/mol. The largest absolute Gasteiger partial charge is 0.383 e. The van der Waals surface area contributed by atoms with E-state index >= 15 is 0 Å². The first-order chi connectivity index (χ1) is 10.2. The fourth-order valence-corrected chi connectivity index (χ4v) is 3.03. The van der Waals surface area contributed by atoms with Crippen molar-refractivity contribution < 1.29 is 4.74 Å². The number of hydrogen-bond acceptors (Lipinski definition) is 4. The number of benzene rings is 1. The third-order valence-electron chi connectivity index (χ3n) is 3.44. The molecule has 4 heteroatoms. The molecule has 0 aliphatic heterocycles. The predicted octanol–water partition coefficient (Wildman–Crippen LogP) is 3.43. The van der Waals surface area contributed by atoms with E-state index in [2.05, 4.69) is 59.2 Å². The highest BCUT2D eigenvalue weighted by Crippen LogP contribution is 2.23. The average Bonchev–Trinajstić information content (AvgIpc) is 2.96. The molecule has 0 saturated heterocycles. The van der Waals surface area contributed by atoms with E-state index in [0.717, 1.165) is 26.2 Å². The number of anilines is 1. The lowest BCUT2D eigenvalue weighted by Gasteiger charge is -2.23. The van der Waals surface area contributed by atoms with Crippen LogP contribution in [0.2, 0.25) is 0 Å². The Balaban J connectivity index is 2.06. The number of nitrogens with one attached hydrogen (secondary N) is 1. The molecule has 3 nitrogen and oxygen atoms in total. The van der Waals surface area contributed by atoms with Gasteiger partial charge in [-0.25, -0.2) is 0 Å². The van der Waals surface area contributed by atoms with Gasteiger partial charge in [0.05, 0.1) is 6.61 Å². The van der Waals surface area contributed by atoms with Crippen LogP contribution in [0.25, 0.3) is 0 Å². The van der Waals surface area contributed by atoms with Crippen molar-refractivity contribution in [2.45, 2.75) is 20.0 Å². The highest BCUT2D eigenvalue weighted by atomic mass is 32.1. The van der Waals surface area contributed by atoms with Crippen LogP contribution < -0.4 is 10.2 Å². The Morgan fingerprint density at radius 1 is 1.29 bits per heavy atom. The van der Waals surface area contributed by atoms with E-state index in [9.17, 15) is 0 Å². The summed E-state index contributed by atoms with van der Waals surface area (Å²) >= 11 is 1.75. The Morgan fingerprint density at radius 3 is 2.86 bits per heavy atom. The van der Waals surface area contributed by atoms with Crippen molar-refractivity contribution in [3.8, 4) is 0 Å². The normalized spacial score (nSPS) is 10.8. The molecule has 1 aromatic carbocycles. The van der Waals surface area contributed by atoms with E-state index in [1.54, 1.807) is 18.4 Å². The van der Waals surface area contributed by atoms with Gasteiger partial charge >= 0.3 is 0 Å². The highest BCUT2D eigenvalue weighted by Gasteiger charge is 2.08. The third-order valence-corrected chi connectivity index (χ3v) is 4.18. The lowest BCUT2D eigenvalue weighted by Crippen LogP contribution is -2.22. The van der Waals surface area contributed by atoms with Crippen LogP contribution >= 0.6 is 11.3 Å². The van der Waals surface area contributed by atoms with Crippen molar-refractivity contribution in [3.63, 3.8) is 0 Å². The standard InChI is InChI=1S/C17H24N2OS/c1-14-4-5-17(16(10-14)11-18-7-8-20-3)19(2)12-15-6-9-21-13-15/h4-6,9-10,13,18H,7-8,11-12H2,1-3H3. The van der Waals surface area contributed by atoms with E-state index < -0.39 is 0 Å². The van der Waals surface area contributed by atoms with Crippen LogP contribution in [-0.2, 0) is 17.8 Å². The molecule has 1 N–H and O–H groups in total. The Labute approximate surface area is 131 Å². The summed E-state index contributed by atoms with van der Waals surface area (Å²) in [6, 6.07) is 8.85. The van der Waals surface area contributed by atoms with Crippen LogP contribution in [0, 0.1) is 6.92 Å². The lowest BCUT2D eigenvalue weighted by atomic mass is 10.1. The molecule has 0 fully saturated rings. The minimum atomic E-state index is 0.742. The smallest absolute Gasteiger partial charge is 0.0587 e. The fourth-order valence-electron chi connectivity index (χ4n) is 2.37. The number of rotatable bonds is 8. The maximum absolute atomic E-state index is 5.08. The van der Waals surface area contributed by atoms with Crippen molar-refractivity contribution in [3.05, 3.63) is 51.7 Å². The van der Waals surface area contributed by atoms with Crippen LogP contribution in [0.1, 0.15) is 16.7 Å². The monoisotopic (exact) mass is 304 g/mol. The second-order valence-corrected chi connectivity index (χ2v) is 6.07. The van der Waals surface area contributed by atoms with Gasteiger partial charge in [-0.15, -0.1) is 0 Å². The molecule has 0 amide bonds. The van der Waals surface area contributed by atoms with E-state index in [1.165, 1.54) is 22.4 Å². The zero-order valence-electron chi connectivity index (χ0n) is 13.1. The molecule has 0 radical (unpaired) electrons.